The van der Waals surface area contributed by atoms with Crippen molar-refractivity contribution in [1.29, 1.82) is 0 Å². The number of carbonyl (C=O) groups is 1. The van der Waals surface area contributed by atoms with Gasteiger partial charge in [-0.15, -0.1) is 0 Å². The molecule has 0 radical (unpaired) electrons. The summed E-state index contributed by atoms with van der Waals surface area (Å²) in [6.45, 7) is 9.56. The van der Waals surface area contributed by atoms with Gasteiger partial charge in [0.2, 0.25) is 5.91 Å². The number of ether oxygens (including phenoxy) is 1. The quantitative estimate of drug-likeness (QED) is 0.414. The highest BCUT2D eigenvalue weighted by atomic mass is 127. The van der Waals surface area contributed by atoms with Gasteiger partial charge in [0.1, 0.15) is 6.61 Å². The first kappa shape index (κ1) is 15.4. The summed E-state index contributed by atoms with van der Waals surface area (Å²) >= 11 is 2.40. The Balaban J connectivity index is 2.30. The van der Waals surface area contributed by atoms with Crippen LogP contribution in [-0.4, -0.2) is 41.0 Å². The molecule has 1 heterocycles. The molecule has 18 heavy (non-hydrogen) atoms. The topological polar surface area (TPSA) is 29.5 Å². The van der Waals surface area contributed by atoms with Gasteiger partial charge in [0, 0.05) is 17.0 Å². The second-order valence-electron chi connectivity index (χ2n) is 4.25. The molecule has 1 unspecified atom stereocenters. The number of likely N-dealkylation sites (tertiary alicyclic amines) is 1. The summed E-state index contributed by atoms with van der Waals surface area (Å²) in [5, 5.41) is 0. The van der Waals surface area contributed by atoms with Crippen LogP contribution in [0.3, 0.4) is 0 Å². The van der Waals surface area contributed by atoms with Gasteiger partial charge < -0.3 is 9.64 Å². The molecule has 1 saturated heterocycles. The van der Waals surface area contributed by atoms with Crippen LogP contribution in [0.4, 0.5) is 0 Å². The van der Waals surface area contributed by atoms with Crippen LogP contribution < -0.4 is 0 Å². The van der Waals surface area contributed by atoms with Gasteiger partial charge in [-0.2, -0.15) is 0 Å². The monoisotopic (exact) mass is 361 g/mol. The number of allylic oxidation sites excluding steroid dienone is 2. The third kappa shape index (κ3) is 5.35. The third-order valence-corrected chi connectivity index (χ3v) is 3.82. The van der Waals surface area contributed by atoms with Crippen molar-refractivity contribution in [2.24, 2.45) is 0 Å². The Morgan fingerprint density at radius 3 is 2.83 bits per heavy atom. The van der Waals surface area contributed by atoms with Crippen LogP contribution >= 0.6 is 22.6 Å². The molecule has 1 aliphatic rings. The first-order valence-corrected chi connectivity index (χ1v) is 7.35. The van der Waals surface area contributed by atoms with E-state index in [9.17, 15) is 4.79 Å². The highest BCUT2D eigenvalue weighted by molar-refractivity contribution is 14.1. The van der Waals surface area contributed by atoms with Gasteiger partial charge >= 0.3 is 0 Å². The molecule has 1 atom stereocenters. The fraction of sp³-hybridized carbons (Fsp3) is 0.500. The van der Waals surface area contributed by atoms with Crippen molar-refractivity contribution >= 4 is 28.5 Å². The molecule has 3 nitrogen and oxygen atoms in total. The molecule has 0 aliphatic carbocycles. The van der Waals surface area contributed by atoms with Gasteiger partial charge in [0.25, 0.3) is 0 Å². The van der Waals surface area contributed by atoms with Crippen molar-refractivity contribution in [3.63, 3.8) is 0 Å². The van der Waals surface area contributed by atoms with Gasteiger partial charge in [-0.05, 0) is 18.4 Å². The Hall–Kier alpha value is -0.620. The second-order valence-corrected chi connectivity index (χ2v) is 6.02. The number of halogens is 1. The number of rotatable bonds is 6. The molecular formula is C14H20INO2. The van der Waals surface area contributed by atoms with E-state index in [0.29, 0.717) is 10.5 Å². The summed E-state index contributed by atoms with van der Waals surface area (Å²) in [5.41, 5.74) is 0.934. The minimum atomic E-state index is 0.0818. The van der Waals surface area contributed by atoms with Gasteiger partial charge in [0.15, 0.2) is 0 Å². The van der Waals surface area contributed by atoms with Crippen molar-refractivity contribution in [3.05, 3.63) is 37.0 Å². The first-order valence-electron chi connectivity index (χ1n) is 6.11. The Kier molecular flexibility index (Phi) is 7.27. The zero-order valence-corrected chi connectivity index (χ0v) is 12.8. The van der Waals surface area contributed by atoms with Gasteiger partial charge in [0.05, 0.1) is 6.61 Å². The van der Waals surface area contributed by atoms with Crippen LogP contribution in [0.1, 0.15) is 12.8 Å². The summed E-state index contributed by atoms with van der Waals surface area (Å²) in [7, 11) is 0. The van der Waals surface area contributed by atoms with Crippen molar-refractivity contribution in [3.8, 4) is 0 Å². The molecule has 0 bridgehead atoms. The summed E-state index contributed by atoms with van der Waals surface area (Å²) in [6.07, 6.45) is 7.53. The average Bonchev–Trinajstić information content (AvgIpc) is 2.37. The molecule has 1 amide bonds. The lowest BCUT2D eigenvalue weighted by molar-refractivity contribution is -0.136. The molecule has 0 aromatic carbocycles. The van der Waals surface area contributed by atoms with E-state index < -0.39 is 0 Å². The largest absolute Gasteiger partial charge is 0.367 e. The molecule has 1 rings (SSSR count). The van der Waals surface area contributed by atoms with Crippen molar-refractivity contribution < 1.29 is 9.53 Å². The van der Waals surface area contributed by atoms with Crippen LogP contribution in [0, 0.1) is 0 Å². The van der Waals surface area contributed by atoms with Crippen molar-refractivity contribution in [2.75, 3.05) is 26.3 Å². The van der Waals surface area contributed by atoms with Gasteiger partial charge in [-0.1, -0.05) is 54.0 Å². The Bertz CT molecular complexity index is 339. The van der Waals surface area contributed by atoms with E-state index in [1.807, 2.05) is 11.0 Å². The molecule has 0 N–H and O–H groups in total. The van der Waals surface area contributed by atoms with Crippen LogP contribution in [0.25, 0.3) is 0 Å². The highest BCUT2D eigenvalue weighted by Gasteiger charge is 2.21. The molecule has 100 valence electrons. The van der Waals surface area contributed by atoms with E-state index in [1.54, 1.807) is 12.2 Å². The van der Waals surface area contributed by atoms with Crippen LogP contribution in [0.15, 0.2) is 37.0 Å². The summed E-state index contributed by atoms with van der Waals surface area (Å²) < 4.78 is 5.98. The first-order chi connectivity index (χ1) is 8.67. The van der Waals surface area contributed by atoms with Crippen molar-refractivity contribution in [1.82, 2.24) is 4.90 Å². The maximum Gasteiger partial charge on any atom is 0.248 e. The standard InChI is InChI=1S/C14H20INO2/c1-3-6-12(4-2)10-18-11-14(17)16-8-5-7-13(15)9-16/h3-4,6,13H,1-2,5,7-11H2/b12-6+. The minimum absolute atomic E-state index is 0.0818. The zero-order valence-electron chi connectivity index (χ0n) is 10.6. The molecule has 1 aliphatic heterocycles. The Labute approximate surface area is 123 Å². The lowest BCUT2D eigenvalue weighted by atomic mass is 10.1. The molecule has 0 aromatic rings. The smallest absolute Gasteiger partial charge is 0.248 e. The number of nitrogens with zero attached hydrogens (tertiary/aromatic N) is 1. The van der Waals surface area contributed by atoms with Crippen LogP contribution in [0.2, 0.25) is 0 Å². The maximum absolute atomic E-state index is 11.9. The SMILES string of the molecule is C=C/C=C(\C=C)COCC(=O)N1CCCC(I)C1. The fourth-order valence-electron chi connectivity index (χ4n) is 1.83. The molecular weight excluding hydrogens is 341 g/mol. The maximum atomic E-state index is 11.9. The van der Waals surface area contributed by atoms with E-state index in [2.05, 4.69) is 35.7 Å². The minimum Gasteiger partial charge on any atom is -0.367 e. The molecule has 1 fully saturated rings. The molecule has 0 spiro atoms. The van der Waals surface area contributed by atoms with E-state index in [1.165, 1.54) is 6.42 Å². The van der Waals surface area contributed by atoms with E-state index in [-0.39, 0.29) is 12.5 Å². The van der Waals surface area contributed by atoms with E-state index in [0.717, 1.165) is 25.1 Å². The number of alkyl halides is 1. The Morgan fingerprint density at radius 2 is 2.22 bits per heavy atom. The van der Waals surface area contributed by atoms with E-state index >= 15 is 0 Å². The van der Waals surface area contributed by atoms with Gasteiger partial charge in [-0.25, -0.2) is 0 Å². The van der Waals surface area contributed by atoms with Crippen molar-refractivity contribution in [2.45, 2.75) is 16.8 Å². The number of carbonyl (C=O) groups excluding carboxylic acids is 1. The normalized spacial score (nSPS) is 20.6. The fourth-order valence-corrected chi connectivity index (χ4v) is 2.74. The predicted molar refractivity (Wildman–Crippen MR) is 82.9 cm³/mol. The van der Waals surface area contributed by atoms with Gasteiger partial charge in [-0.3, -0.25) is 4.79 Å². The van der Waals surface area contributed by atoms with Crippen LogP contribution in [-0.2, 0) is 9.53 Å². The number of hydrogen-bond acceptors (Lipinski definition) is 2. The number of hydrogen-bond donors (Lipinski definition) is 0. The molecule has 4 heteroatoms. The lowest BCUT2D eigenvalue weighted by Crippen LogP contribution is -2.42. The second kappa shape index (κ2) is 8.48. The summed E-state index contributed by atoms with van der Waals surface area (Å²) in [4.78, 5) is 13.8. The third-order valence-electron chi connectivity index (χ3n) is 2.80. The summed E-state index contributed by atoms with van der Waals surface area (Å²) in [5.74, 6) is 0.0818. The average molecular weight is 361 g/mol. The van der Waals surface area contributed by atoms with Crippen LogP contribution in [0.5, 0.6) is 0 Å². The zero-order chi connectivity index (χ0) is 13.4. The predicted octanol–water partition coefficient (Wildman–Crippen LogP) is 2.73. The summed E-state index contributed by atoms with van der Waals surface area (Å²) in [6, 6.07) is 0. The Morgan fingerprint density at radius 1 is 1.44 bits per heavy atom. The number of amides is 1. The lowest BCUT2D eigenvalue weighted by Gasteiger charge is -2.30. The molecule has 0 saturated carbocycles. The highest BCUT2D eigenvalue weighted by Crippen LogP contribution is 2.17. The van der Waals surface area contributed by atoms with E-state index in [4.69, 9.17) is 4.74 Å². The number of piperidine rings is 1. The molecule has 0 aromatic heterocycles.